The molecule has 2 aromatic rings. The van der Waals surface area contributed by atoms with Crippen LogP contribution in [0.4, 0.5) is 0 Å². The number of methoxy groups -OCH3 is 6. The van der Waals surface area contributed by atoms with Gasteiger partial charge in [0.1, 0.15) is 44.2 Å². The van der Waals surface area contributed by atoms with Crippen molar-refractivity contribution >= 4 is 37.6 Å². The molecule has 0 saturated carbocycles. The lowest BCUT2D eigenvalue weighted by Crippen LogP contribution is -2.16. The van der Waals surface area contributed by atoms with E-state index in [0.717, 1.165) is 0 Å². The first-order valence-corrected chi connectivity index (χ1v) is 10.6. The summed E-state index contributed by atoms with van der Waals surface area (Å²) in [5.41, 5.74) is 1.09. The highest BCUT2D eigenvalue weighted by molar-refractivity contribution is 9.10. The van der Waals surface area contributed by atoms with E-state index in [1.54, 1.807) is 38.5 Å². The minimum Gasteiger partial charge on any atom is -0.496 e. The number of halogens is 2. The van der Waals surface area contributed by atoms with Crippen molar-refractivity contribution < 1.29 is 33.2 Å². The summed E-state index contributed by atoms with van der Waals surface area (Å²) in [6, 6.07) is 6.77. The standard InChI is InChI=1S/C21H24Br2O7/c1-25-11-7-13(27-3)17(14(8-11)28-4)19(22)21(24)20(23)18-15(29-5)9-12(26-2)10-16(18)30-6/h7-10,19-20H,1-6H3. The van der Waals surface area contributed by atoms with Crippen LogP contribution in [0.25, 0.3) is 0 Å². The first-order chi connectivity index (χ1) is 14.4. The van der Waals surface area contributed by atoms with Crippen LogP contribution in [0.15, 0.2) is 24.3 Å². The van der Waals surface area contributed by atoms with Crippen molar-refractivity contribution in [2.45, 2.75) is 9.65 Å². The summed E-state index contributed by atoms with van der Waals surface area (Å²) in [4.78, 5) is 11.9. The van der Waals surface area contributed by atoms with Gasteiger partial charge in [-0.15, -0.1) is 0 Å². The summed E-state index contributed by atoms with van der Waals surface area (Å²) in [6.45, 7) is 0. The van der Waals surface area contributed by atoms with Crippen LogP contribution >= 0.6 is 31.9 Å². The summed E-state index contributed by atoms with van der Waals surface area (Å²) >= 11 is 7.03. The molecule has 2 unspecified atom stereocenters. The number of hydrogen-bond donors (Lipinski definition) is 0. The molecule has 9 heteroatoms. The van der Waals surface area contributed by atoms with Crippen molar-refractivity contribution in [1.29, 1.82) is 0 Å². The molecule has 0 aliphatic carbocycles. The monoisotopic (exact) mass is 546 g/mol. The fourth-order valence-electron chi connectivity index (χ4n) is 2.98. The van der Waals surface area contributed by atoms with Gasteiger partial charge in [0.15, 0.2) is 5.78 Å². The maximum atomic E-state index is 13.4. The van der Waals surface area contributed by atoms with Crippen molar-refractivity contribution in [3.8, 4) is 34.5 Å². The lowest BCUT2D eigenvalue weighted by atomic mass is 9.99. The van der Waals surface area contributed by atoms with Gasteiger partial charge in [-0.25, -0.2) is 0 Å². The minimum atomic E-state index is -0.755. The van der Waals surface area contributed by atoms with Gasteiger partial charge in [0.2, 0.25) is 0 Å². The van der Waals surface area contributed by atoms with Gasteiger partial charge in [-0.1, -0.05) is 31.9 Å². The van der Waals surface area contributed by atoms with Gasteiger partial charge in [0.05, 0.1) is 53.8 Å². The number of hydrogen-bond acceptors (Lipinski definition) is 7. The lowest BCUT2D eigenvalue weighted by molar-refractivity contribution is -0.118. The van der Waals surface area contributed by atoms with Gasteiger partial charge in [-0.3, -0.25) is 4.79 Å². The summed E-state index contributed by atoms with van der Waals surface area (Å²) < 4.78 is 32.5. The summed E-state index contributed by atoms with van der Waals surface area (Å²) in [7, 11) is 9.15. The van der Waals surface area contributed by atoms with Crippen LogP contribution in [0.3, 0.4) is 0 Å². The second-order valence-corrected chi connectivity index (χ2v) is 7.85. The Morgan fingerprint density at radius 2 is 0.867 bits per heavy atom. The Bertz CT molecular complexity index is 779. The number of benzene rings is 2. The summed E-state index contributed by atoms with van der Waals surface area (Å²) in [5, 5.41) is 0. The second-order valence-electron chi connectivity index (χ2n) is 6.02. The zero-order valence-electron chi connectivity index (χ0n) is 17.6. The van der Waals surface area contributed by atoms with E-state index >= 15 is 0 Å². The van der Waals surface area contributed by atoms with Crippen molar-refractivity contribution in [3.63, 3.8) is 0 Å². The van der Waals surface area contributed by atoms with Crippen molar-refractivity contribution in [3.05, 3.63) is 35.4 Å². The Morgan fingerprint density at radius 3 is 1.07 bits per heavy atom. The largest absolute Gasteiger partial charge is 0.496 e. The number of alkyl halides is 2. The van der Waals surface area contributed by atoms with Gasteiger partial charge in [-0.2, -0.15) is 0 Å². The average Bonchev–Trinajstić information content (AvgIpc) is 2.80. The molecule has 0 heterocycles. The third-order valence-electron chi connectivity index (χ3n) is 4.51. The quantitative estimate of drug-likeness (QED) is 0.392. The smallest absolute Gasteiger partial charge is 0.169 e. The molecular weight excluding hydrogens is 524 g/mol. The molecule has 0 aliphatic rings. The summed E-state index contributed by atoms with van der Waals surface area (Å²) in [6.07, 6.45) is 0. The molecule has 0 N–H and O–H groups in total. The highest BCUT2D eigenvalue weighted by atomic mass is 79.9. The summed E-state index contributed by atoms with van der Waals surface area (Å²) in [5.74, 6) is 2.70. The number of ketones is 1. The number of carbonyl (C=O) groups is 1. The molecule has 0 aliphatic heterocycles. The number of ether oxygens (including phenoxy) is 6. The van der Waals surface area contributed by atoms with Crippen LogP contribution < -0.4 is 28.4 Å². The van der Waals surface area contributed by atoms with E-state index in [2.05, 4.69) is 31.9 Å². The Kier molecular flexibility index (Phi) is 8.66. The molecule has 164 valence electrons. The minimum absolute atomic E-state index is 0.210. The molecule has 30 heavy (non-hydrogen) atoms. The SMILES string of the molecule is COc1cc(OC)c(C(Br)C(=O)C(Br)c2c(OC)cc(OC)cc2OC)c(OC)c1. The third kappa shape index (κ3) is 4.78. The molecule has 0 amide bonds. The molecular formula is C21H24Br2O7. The third-order valence-corrected chi connectivity index (χ3v) is 6.33. The van der Waals surface area contributed by atoms with E-state index < -0.39 is 9.65 Å². The van der Waals surface area contributed by atoms with Crippen molar-refractivity contribution in [1.82, 2.24) is 0 Å². The first kappa shape index (κ1) is 24.1. The topological polar surface area (TPSA) is 72.5 Å². The lowest BCUT2D eigenvalue weighted by Gasteiger charge is -2.22. The molecule has 0 spiro atoms. The Balaban J connectivity index is 2.54. The molecule has 0 aromatic heterocycles. The molecule has 2 aromatic carbocycles. The number of rotatable bonds is 10. The van der Waals surface area contributed by atoms with Crippen molar-refractivity contribution in [2.75, 3.05) is 42.7 Å². The zero-order valence-corrected chi connectivity index (χ0v) is 20.7. The number of carbonyl (C=O) groups excluding carboxylic acids is 1. The molecule has 2 rings (SSSR count). The van der Waals surface area contributed by atoms with Gasteiger partial charge >= 0.3 is 0 Å². The Morgan fingerprint density at radius 1 is 0.600 bits per heavy atom. The Labute approximate surface area is 192 Å². The zero-order chi connectivity index (χ0) is 22.4. The Hall–Kier alpha value is -2.13. The molecule has 7 nitrogen and oxygen atoms in total. The molecule has 0 saturated heterocycles. The predicted molar refractivity (Wildman–Crippen MR) is 121 cm³/mol. The second kappa shape index (κ2) is 10.8. The number of Topliss-reactive ketones (excluding diaryl/α,β-unsaturated/α-hetero) is 1. The van der Waals surface area contributed by atoms with Crippen LogP contribution in [-0.2, 0) is 4.79 Å². The first-order valence-electron chi connectivity index (χ1n) is 8.78. The van der Waals surface area contributed by atoms with Crippen LogP contribution in [0, 0.1) is 0 Å². The van der Waals surface area contributed by atoms with Gasteiger partial charge in [-0.05, 0) is 0 Å². The normalized spacial score (nSPS) is 12.5. The fourth-order valence-corrected chi connectivity index (χ4v) is 4.76. The molecule has 0 fully saturated rings. The van der Waals surface area contributed by atoms with Gasteiger partial charge in [0, 0.05) is 24.3 Å². The predicted octanol–water partition coefficient (Wildman–Crippen LogP) is 4.88. The fraction of sp³-hybridized carbons (Fsp3) is 0.381. The van der Waals surface area contributed by atoms with Crippen LogP contribution in [0.5, 0.6) is 34.5 Å². The highest BCUT2D eigenvalue weighted by Gasteiger charge is 2.34. The van der Waals surface area contributed by atoms with E-state index in [9.17, 15) is 4.79 Å². The van der Waals surface area contributed by atoms with Crippen LogP contribution in [0.1, 0.15) is 20.8 Å². The van der Waals surface area contributed by atoms with Gasteiger partial charge < -0.3 is 28.4 Å². The van der Waals surface area contributed by atoms with E-state index in [1.165, 1.54) is 28.4 Å². The average molecular weight is 548 g/mol. The van der Waals surface area contributed by atoms with E-state index in [-0.39, 0.29) is 5.78 Å². The maximum absolute atomic E-state index is 13.4. The molecule has 0 radical (unpaired) electrons. The van der Waals surface area contributed by atoms with Crippen LogP contribution in [0.2, 0.25) is 0 Å². The van der Waals surface area contributed by atoms with E-state index in [1.807, 2.05) is 0 Å². The van der Waals surface area contributed by atoms with E-state index in [0.29, 0.717) is 45.6 Å². The highest BCUT2D eigenvalue weighted by Crippen LogP contribution is 2.48. The maximum Gasteiger partial charge on any atom is 0.169 e. The molecule has 2 atom stereocenters. The van der Waals surface area contributed by atoms with Crippen LogP contribution in [-0.4, -0.2) is 48.4 Å². The van der Waals surface area contributed by atoms with Gasteiger partial charge in [0.25, 0.3) is 0 Å². The van der Waals surface area contributed by atoms with E-state index in [4.69, 9.17) is 28.4 Å². The molecule has 0 bridgehead atoms. The van der Waals surface area contributed by atoms with Crippen molar-refractivity contribution in [2.24, 2.45) is 0 Å².